The molecule has 0 aliphatic carbocycles. The van der Waals surface area contributed by atoms with E-state index in [-0.39, 0.29) is 0 Å². The maximum absolute atomic E-state index is 11.5. The fourth-order valence-corrected chi connectivity index (χ4v) is 3.61. The molecule has 0 spiro atoms. The van der Waals surface area contributed by atoms with E-state index in [4.69, 9.17) is 0 Å². The van der Waals surface area contributed by atoms with E-state index in [0.29, 0.717) is 13.1 Å². The number of rotatable bonds is 16. The molecule has 168 valence electrons. The zero-order valence-electron chi connectivity index (χ0n) is 18.0. The van der Waals surface area contributed by atoms with Gasteiger partial charge in [0.25, 0.3) is 0 Å². The summed E-state index contributed by atoms with van der Waals surface area (Å²) < 4.78 is 0. The molecular weight excluding hydrogens is 392 g/mol. The van der Waals surface area contributed by atoms with Crippen LogP contribution in [0, 0.1) is 0 Å². The molecule has 0 aromatic heterocycles. The van der Waals surface area contributed by atoms with Gasteiger partial charge in [0.2, 0.25) is 0 Å². The zero-order chi connectivity index (χ0) is 22.3. The molecule has 4 N–H and O–H groups in total. The first-order valence-electron chi connectivity index (χ1n) is 11.1. The monoisotopic (exact) mass is 426 g/mol. The lowest BCUT2D eigenvalue weighted by atomic mass is 10.1. The average Bonchev–Trinajstić information content (AvgIpc) is 2.77. The van der Waals surface area contributed by atoms with E-state index in [0.717, 1.165) is 56.1 Å². The van der Waals surface area contributed by atoms with E-state index >= 15 is 0 Å². The molecule has 6 nitrogen and oxygen atoms in total. The largest absolute Gasteiger partial charge is 0.480 e. The van der Waals surface area contributed by atoms with E-state index in [1.807, 2.05) is 60.7 Å². The summed E-state index contributed by atoms with van der Waals surface area (Å²) in [6, 6.07) is 17.2. The van der Waals surface area contributed by atoms with Crippen molar-refractivity contribution in [3.63, 3.8) is 0 Å². The number of hydrogen-bond donors (Lipinski definition) is 4. The summed E-state index contributed by atoms with van der Waals surface area (Å²) in [5.74, 6) is -1.70. The van der Waals surface area contributed by atoms with Gasteiger partial charge in [-0.3, -0.25) is 9.59 Å². The molecule has 0 heterocycles. The average molecular weight is 427 g/mol. The third kappa shape index (κ3) is 9.32. The quantitative estimate of drug-likeness (QED) is 0.294. The standard InChI is InChI=1S/C25H34N2O4/c28-24(29)22(20-14-8-6-9-15-20)26-18-12-4-2-1-3-5-13-19-27-23(25(30)31)21-16-10-7-11-17-21/h6-11,14-17,22-23,26-27H,1-5,12-13,18-19H2,(H,28,29)(H,30,31). The molecule has 2 aromatic carbocycles. The lowest BCUT2D eigenvalue weighted by Gasteiger charge is -2.15. The SMILES string of the molecule is O=C(O)C(NCCCCCCCCCNC(C(=O)O)c1ccccc1)c1ccccc1. The zero-order valence-corrected chi connectivity index (χ0v) is 18.0. The van der Waals surface area contributed by atoms with Crippen molar-refractivity contribution in [3.8, 4) is 0 Å². The van der Waals surface area contributed by atoms with Crippen LogP contribution in [0.2, 0.25) is 0 Å². The molecular formula is C25H34N2O4. The topological polar surface area (TPSA) is 98.7 Å². The van der Waals surface area contributed by atoms with Gasteiger partial charge in [0.05, 0.1) is 0 Å². The van der Waals surface area contributed by atoms with Crippen LogP contribution in [-0.2, 0) is 9.59 Å². The van der Waals surface area contributed by atoms with Crippen molar-refractivity contribution in [2.24, 2.45) is 0 Å². The van der Waals surface area contributed by atoms with Gasteiger partial charge in [-0.15, -0.1) is 0 Å². The highest BCUT2D eigenvalue weighted by molar-refractivity contribution is 5.76. The van der Waals surface area contributed by atoms with E-state index in [9.17, 15) is 19.8 Å². The first-order chi connectivity index (χ1) is 15.1. The molecule has 2 aromatic rings. The highest BCUT2D eigenvalue weighted by atomic mass is 16.4. The number of hydrogen-bond acceptors (Lipinski definition) is 4. The number of aliphatic carboxylic acids is 2. The Morgan fingerprint density at radius 3 is 1.23 bits per heavy atom. The van der Waals surface area contributed by atoms with Gasteiger partial charge in [-0.05, 0) is 37.1 Å². The highest BCUT2D eigenvalue weighted by Gasteiger charge is 2.18. The van der Waals surface area contributed by atoms with Gasteiger partial charge in [-0.1, -0.05) is 92.8 Å². The Morgan fingerprint density at radius 1 is 0.581 bits per heavy atom. The first kappa shape index (κ1) is 24.6. The minimum absolute atomic E-state index is 0.654. The molecule has 31 heavy (non-hydrogen) atoms. The maximum atomic E-state index is 11.5. The normalized spacial score (nSPS) is 12.9. The molecule has 2 rings (SSSR count). The van der Waals surface area contributed by atoms with Crippen molar-refractivity contribution in [2.75, 3.05) is 13.1 Å². The molecule has 0 saturated carbocycles. The minimum Gasteiger partial charge on any atom is -0.480 e. The molecule has 0 fully saturated rings. The van der Waals surface area contributed by atoms with Crippen LogP contribution in [0.15, 0.2) is 60.7 Å². The van der Waals surface area contributed by atoms with Crippen molar-refractivity contribution in [1.29, 1.82) is 0 Å². The Kier molecular flexibility index (Phi) is 11.4. The summed E-state index contributed by atoms with van der Waals surface area (Å²) in [6.45, 7) is 1.37. The van der Waals surface area contributed by atoms with Gasteiger partial charge >= 0.3 is 11.9 Å². The molecule has 6 heteroatoms. The molecule has 0 bridgehead atoms. The van der Waals surface area contributed by atoms with Crippen molar-refractivity contribution in [3.05, 3.63) is 71.8 Å². The summed E-state index contributed by atoms with van der Waals surface area (Å²) in [5.41, 5.74) is 1.56. The number of benzene rings is 2. The Labute approximate surface area is 184 Å². The van der Waals surface area contributed by atoms with Crippen molar-refractivity contribution < 1.29 is 19.8 Å². The van der Waals surface area contributed by atoms with Crippen LogP contribution in [0.25, 0.3) is 0 Å². The van der Waals surface area contributed by atoms with Crippen LogP contribution >= 0.6 is 0 Å². The fourth-order valence-electron chi connectivity index (χ4n) is 3.61. The van der Waals surface area contributed by atoms with Crippen LogP contribution in [0.3, 0.4) is 0 Å². The summed E-state index contributed by atoms with van der Waals surface area (Å²) in [6.07, 6.45) is 7.44. The number of carboxylic acids is 2. The summed E-state index contributed by atoms with van der Waals surface area (Å²) in [4.78, 5) is 22.9. The third-order valence-electron chi connectivity index (χ3n) is 5.31. The molecule has 0 amide bonds. The fraction of sp³-hybridized carbons (Fsp3) is 0.440. The first-order valence-corrected chi connectivity index (χ1v) is 11.1. The second kappa shape index (κ2) is 14.3. The number of nitrogens with one attached hydrogen (secondary N) is 2. The smallest absolute Gasteiger partial charge is 0.325 e. The highest BCUT2D eigenvalue weighted by Crippen LogP contribution is 2.14. The lowest BCUT2D eigenvalue weighted by Crippen LogP contribution is -2.29. The van der Waals surface area contributed by atoms with Crippen molar-refractivity contribution >= 4 is 11.9 Å². The molecule has 0 saturated heterocycles. The van der Waals surface area contributed by atoms with Gasteiger partial charge in [0.15, 0.2) is 0 Å². The van der Waals surface area contributed by atoms with Gasteiger partial charge < -0.3 is 20.8 Å². The Balaban J connectivity index is 1.50. The number of carbonyl (C=O) groups is 2. The van der Waals surface area contributed by atoms with E-state index in [1.54, 1.807) is 0 Å². The van der Waals surface area contributed by atoms with Gasteiger partial charge in [0, 0.05) is 0 Å². The maximum Gasteiger partial charge on any atom is 0.325 e. The Hall–Kier alpha value is -2.70. The van der Waals surface area contributed by atoms with Crippen molar-refractivity contribution in [2.45, 2.75) is 57.0 Å². The molecule has 0 aliphatic heterocycles. The summed E-state index contributed by atoms with van der Waals surface area (Å²) >= 11 is 0. The van der Waals surface area contributed by atoms with Gasteiger partial charge in [-0.25, -0.2) is 0 Å². The Bertz CT molecular complexity index is 702. The predicted molar refractivity (Wildman–Crippen MR) is 122 cm³/mol. The van der Waals surface area contributed by atoms with E-state index < -0.39 is 24.0 Å². The van der Waals surface area contributed by atoms with Crippen LogP contribution < -0.4 is 10.6 Å². The van der Waals surface area contributed by atoms with Crippen LogP contribution in [0.1, 0.15) is 68.2 Å². The summed E-state index contributed by atoms with van der Waals surface area (Å²) in [7, 11) is 0. The van der Waals surface area contributed by atoms with Gasteiger partial charge in [-0.2, -0.15) is 0 Å². The summed E-state index contributed by atoms with van der Waals surface area (Å²) in [5, 5.41) is 25.1. The van der Waals surface area contributed by atoms with E-state index in [1.165, 1.54) is 0 Å². The molecule has 2 unspecified atom stereocenters. The minimum atomic E-state index is -0.850. The van der Waals surface area contributed by atoms with Crippen LogP contribution in [0.4, 0.5) is 0 Å². The Morgan fingerprint density at radius 2 is 0.903 bits per heavy atom. The molecule has 2 atom stereocenters. The number of unbranched alkanes of at least 4 members (excludes halogenated alkanes) is 6. The molecule has 0 aliphatic rings. The number of carboxylic acid groups (broad SMARTS) is 2. The lowest BCUT2D eigenvalue weighted by molar-refractivity contribution is -0.140. The van der Waals surface area contributed by atoms with Gasteiger partial charge in [0.1, 0.15) is 12.1 Å². The molecule has 0 radical (unpaired) electrons. The van der Waals surface area contributed by atoms with Crippen LogP contribution in [-0.4, -0.2) is 35.2 Å². The van der Waals surface area contributed by atoms with Crippen molar-refractivity contribution in [1.82, 2.24) is 10.6 Å². The third-order valence-corrected chi connectivity index (χ3v) is 5.31. The predicted octanol–water partition coefficient (Wildman–Crippen LogP) is 4.55. The second-order valence-corrected chi connectivity index (χ2v) is 7.75. The second-order valence-electron chi connectivity index (χ2n) is 7.75. The van der Waals surface area contributed by atoms with E-state index in [2.05, 4.69) is 10.6 Å². The van der Waals surface area contributed by atoms with Crippen LogP contribution in [0.5, 0.6) is 0 Å².